The number of rotatable bonds is 7. The number of carbonyl (C=O) groups is 1. The number of nitrogens with zero attached hydrogens (tertiary/aromatic N) is 2. The maximum atomic E-state index is 13.2. The van der Waals surface area contributed by atoms with E-state index >= 15 is 0 Å². The minimum atomic E-state index is -3.72. The molecule has 33 heavy (non-hydrogen) atoms. The van der Waals surface area contributed by atoms with Gasteiger partial charge in [0, 0.05) is 54.5 Å². The molecule has 2 heterocycles. The lowest BCUT2D eigenvalue weighted by molar-refractivity contribution is 0.102. The zero-order valence-corrected chi connectivity index (χ0v) is 19.8. The Labute approximate surface area is 193 Å². The predicted molar refractivity (Wildman–Crippen MR) is 131 cm³/mol. The molecule has 8 nitrogen and oxygen atoms in total. The number of carbonyl (C=O) groups excluding carboxylic acids is 1. The summed E-state index contributed by atoms with van der Waals surface area (Å²) in [4.78, 5) is 30.4. The van der Waals surface area contributed by atoms with Gasteiger partial charge in [-0.05, 0) is 49.2 Å². The summed E-state index contributed by atoms with van der Waals surface area (Å²) in [5.41, 5.74) is 3.05. The molecule has 0 unspecified atom stereocenters. The Morgan fingerprint density at radius 2 is 1.85 bits per heavy atom. The number of nitrogens with one attached hydrogen (secondary N) is 2. The average Bonchev–Trinajstić information content (AvgIpc) is 3.21. The van der Waals surface area contributed by atoms with Crippen molar-refractivity contribution in [3.63, 3.8) is 0 Å². The molecule has 2 aromatic carbocycles. The third-order valence-electron chi connectivity index (χ3n) is 6.12. The quantitative estimate of drug-likeness (QED) is 0.554. The number of H-pyrrole nitrogens is 1. The van der Waals surface area contributed by atoms with Crippen LogP contribution in [0.3, 0.4) is 0 Å². The zero-order valence-electron chi connectivity index (χ0n) is 19.0. The maximum Gasteiger partial charge on any atom is 0.256 e. The molecule has 2 N–H and O–H groups in total. The summed E-state index contributed by atoms with van der Waals surface area (Å²) in [5, 5.41) is 3.25. The highest BCUT2D eigenvalue weighted by Crippen LogP contribution is 2.31. The number of aromatic amines is 1. The van der Waals surface area contributed by atoms with Crippen LogP contribution in [0.5, 0.6) is 0 Å². The number of sulfonamides is 1. The Morgan fingerprint density at radius 3 is 2.55 bits per heavy atom. The summed E-state index contributed by atoms with van der Waals surface area (Å²) < 4.78 is 27.3. The van der Waals surface area contributed by atoms with Gasteiger partial charge in [-0.2, -0.15) is 4.31 Å². The molecule has 0 spiro atoms. The van der Waals surface area contributed by atoms with E-state index < -0.39 is 21.5 Å². The molecule has 1 aromatic heterocycles. The molecular weight excluding hydrogens is 440 g/mol. The molecular formula is C24H28N4O4S. The van der Waals surface area contributed by atoms with Crippen molar-refractivity contribution in [2.75, 3.05) is 36.4 Å². The van der Waals surface area contributed by atoms with Gasteiger partial charge in [-0.3, -0.25) is 9.59 Å². The van der Waals surface area contributed by atoms with E-state index in [0.717, 1.165) is 25.2 Å². The van der Waals surface area contributed by atoms with Crippen LogP contribution in [0.4, 0.5) is 11.4 Å². The van der Waals surface area contributed by atoms with Gasteiger partial charge in [0.2, 0.25) is 15.6 Å². The molecule has 174 valence electrons. The Hall–Kier alpha value is -3.17. The van der Waals surface area contributed by atoms with Gasteiger partial charge >= 0.3 is 0 Å². The summed E-state index contributed by atoms with van der Waals surface area (Å²) in [7, 11) is -3.72. The monoisotopic (exact) mass is 468 g/mol. The van der Waals surface area contributed by atoms with Crippen molar-refractivity contribution in [2.24, 2.45) is 0 Å². The molecule has 0 atom stereocenters. The van der Waals surface area contributed by atoms with Crippen molar-refractivity contribution in [1.82, 2.24) is 9.29 Å². The number of fused-ring (bicyclic) bond motifs is 2. The highest BCUT2D eigenvalue weighted by Gasteiger charge is 2.23. The standard InChI is InChI=1S/C24H28N4O4S/c1-4-27-12-11-16-7-8-17(13-22(16)27)25-24(30)20-15-23(29)26-21-10-9-18(14-19(20)21)33(31,32)28(5-2)6-3/h7-10,13-15H,4-6,11-12H2,1-3H3,(H,25,30)(H,26,29). The fourth-order valence-corrected chi connectivity index (χ4v) is 5.83. The molecule has 1 amide bonds. The normalized spacial score (nSPS) is 13.5. The van der Waals surface area contributed by atoms with Crippen molar-refractivity contribution in [3.05, 3.63) is 63.9 Å². The van der Waals surface area contributed by atoms with E-state index in [2.05, 4.69) is 22.1 Å². The van der Waals surface area contributed by atoms with Crippen LogP contribution in [0.15, 0.2) is 52.2 Å². The second kappa shape index (κ2) is 8.99. The third kappa shape index (κ3) is 4.26. The predicted octanol–water partition coefficient (Wildman–Crippen LogP) is 3.19. The SMILES string of the molecule is CCN1CCc2ccc(NC(=O)c3cc(=O)[nH]c4ccc(S(=O)(=O)N(CC)CC)cc34)cc21. The number of benzene rings is 2. The summed E-state index contributed by atoms with van der Waals surface area (Å²) in [6, 6.07) is 11.4. The van der Waals surface area contributed by atoms with Crippen LogP contribution in [0.25, 0.3) is 10.9 Å². The van der Waals surface area contributed by atoms with Gasteiger partial charge in [-0.25, -0.2) is 8.42 Å². The number of likely N-dealkylation sites (N-methyl/N-ethyl adjacent to an activating group) is 1. The number of hydrogen-bond donors (Lipinski definition) is 2. The summed E-state index contributed by atoms with van der Waals surface area (Å²) >= 11 is 0. The second-order valence-electron chi connectivity index (χ2n) is 7.97. The maximum absolute atomic E-state index is 13.2. The highest BCUT2D eigenvalue weighted by atomic mass is 32.2. The minimum absolute atomic E-state index is 0.0796. The van der Waals surface area contributed by atoms with Gasteiger partial charge in [-0.1, -0.05) is 19.9 Å². The fraction of sp³-hybridized carbons (Fsp3) is 0.333. The van der Waals surface area contributed by atoms with Crippen LogP contribution in [-0.4, -0.2) is 49.8 Å². The number of hydrogen-bond acceptors (Lipinski definition) is 5. The largest absolute Gasteiger partial charge is 0.371 e. The van der Waals surface area contributed by atoms with E-state index in [4.69, 9.17) is 0 Å². The Kier molecular flexibility index (Phi) is 6.27. The molecule has 0 radical (unpaired) electrons. The van der Waals surface area contributed by atoms with Crippen LogP contribution in [0, 0.1) is 0 Å². The molecule has 9 heteroatoms. The smallest absolute Gasteiger partial charge is 0.256 e. The van der Waals surface area contributed by atoms with Crippen molar-refractivity contribution in [1.29, 1.82) is 0 Å². The van der Waals surface area contributed by atoms with Crippen LogP contribution in [-0.2, 0) is 16.4 Å². The first kappa shape index (κ1) is 23.0. The van der Waals surface area contributed by atoms with Gasteiger partial charge in [-0.15, -0.1) is 0 Å². The number of amides is 1. The first-order chi connectivity index (χ1) is 15.8. The molecule has 4 rings (SSSR count). The van der Waals surface area contributed by atoms with E-state index in [1.807, 2.05) is 18.2 Å². The summed E-state index contributed by atoms with van der Waals surface area (Å²) in [6.45, 7) is 8.14. The van der Waals surface area contributed by atoms with Gasteiger partial charge in [0.1, 0.15) is 0 Å². The lowest BCUT2D eigenvalue weighted by Crippen LogP contribution is -2.30. The summed E-state index contributed by atoms with van der Waals surface area (Å²) in [6.07, 6.45) is 0.972. The van der Waals surface area contributed by atoms with Gasteiger partial charge < -0.3 is 15.2 Å². The Bertz CT molecular complexity index is 1380. The molecule has 3 aromatic rings. The molecule has 0 saturated heterocycles. The first-order valence-electron chi connectivity index (χ1n) is 11.1. The molecule has 0 aliphatic carbocycles. The van der Waals surface area contributed by atoms with E-state index in [0.29, 0.717) is 29.7 Å². The van der Waals surface area contributed by atoms with Gasteiger partial charge in [0.05, 0.1) is 10.5 Å². The Balaban J connectivity index is 1.74. The van der Waals surface area contributed by atoms with Crippen LogP contribution in [0.2, 0.25) is 0 Å². The number of aromatic nitrogens is 1. The molecule has 0 fully saturated rings. The third-order valence-corrected chi connectivity index (χ3v) is 8.16. The molecule has 1 aliphatic heterocycles. The zero-order chi connectivity index (χ0) is 23.8. The van der Waals surface area contributed by atoms with Gasteiger partial charge in [0.25, 0.3) is 5.91 Å². The average molecular weight is 469 g/mol. The van der Waals surface area contributed by atoms with Crippen LogP contribution < -0.4 is 15.8 Å². The van der Waals surface area contributed by atoms with E-state index in [1.54, 1.807) is 13.8 Å². The van der Waals surface area contributed by atoms with Crippen molar-refractivity contribution < 1.29 is 13.2 Å². The van der Waals surface area contributed by atoms with E-state index in [-0.39, 0.29) is 10.5 Å². The lowest BCUT2D eigenvalue weighted by Gasteiger charge is -2.19. The highest BCUT2D eigenvalue weighted by molar-refractivity contribution is 7.89. The Morgan fingerprint density at radius 1 is 1.09 bits per heavy atom. The van der Waals surface area contributed by atoms with Crippen LogP contribution >= 0.6 is 0 Å². The first-order valence-corrected chi connectivity index (χ1v) is 12.6. The van der Waals surface area contributed by atoms with Crippen molar-refractivity contribution >= 4 is 38.2 Å². The van der Waals surface area contributed by atoms with Crippen LogP contribution in [0.1, 0.15) is 36.7 Å². The lowest BCUT2D eigenvalue weighted by atomic mass is 10.1. The molecule has 0 bridgehead atoms. The molecule has 1 aliphatic rings. The van der Waals surface area contributed by atoms with Crippen molar-refractivity contribution in [2.45, 2.75) is 32.1 Å². The topological polar surface area (TPSA) is 103 Å². The summed E-state index contributed by atoms with van der Waals surface area (Å²) in [5.74, 6) is -0.468. The number of pyridine rings is 1. The number of anilines is 2. The van der Waals surface area contributed by atoms with Gasteiger partial charge in [0.15, 0.2) is 0 Å². The molecule has 0 saturated carbocycles. The van der Waals surface area contributed by atoms with E-state index in [9.17, 15) is 18.0 Å². The van der Waals surface area contributed by atoms with Crippen molar-refractivity contribution in [3.8, 4) is 0 Å². The second-order valence-corrected chi connectivity index (χ2v) is 9.91. The minimum Gasteiger partial charge on any atom is -0.371 e. The van der Waals surface area contributed by atoms with E-state index in [1.165, 1.54) is 34.1 Å². The fourth-order valence-electron chi connectivity index (χ4n) is 4.34.